The zero-order valence-corrected chi connectivity index (χ0v) is 15.6. The summed E-state index contributed by atoms with van der Waals surface area (Å²) in [5.74, 6) is 2.02. The van der Waals surface area contributed by atoms with Crippen molar-refractivity contribution >= 4 is 25.8 Å². The van der Waals surface area contributed by atoms with Gasteiger partial charge in [-0.25, -0.2) is 0 Å². The van der Waals surface area contributed by atoms with Crippen molar-refractivity contribution in [3.05, 3.63) is 29.2 Å². The predicted molar refractivity (Wildman–Crippen MR) is 97.5 cm³/mol. The van der Waals surface area contributed by atoms with E-state index in [9.17, 15) is 0 Å². The number of rotatable bonds is 5. The highest BCUT2D eigenvalue weighted by atomic mass is 32.1. The smallest absolute Gasteiger partial charge is 0.491 e. The topological polar surface area (TPSA) is 36.9 Å². The van der Waals surface area contributed by atoms with Crippen molar-refractivity contribution in [2.24, 2.45) is 0 Å². The Hall–Kier alpha value is -1.11. The molecule has 0 saturated carbocycles. The molecule has 1 aromatic rings. The van der Waals surface area contributed by atoms with Crippen LogP contribution < -0.4 is 9.47 Å². The van der Waals surface area contributed by atoms with E-state index in [-0.39, 0.29) is 11.2 Å². The average molecular weight is 336 g/mol. The van der Waals surface area contributed by atoms with E-state index in [0.29, 0.717) is 5.75 Å². The number of hydrogen-bond acceptors (Lipinski definition) is 5. The number of ether oxygens (including phenoxy) is 2. The Balaban J connectivity index is 2.33. The van der Waals surface area contributed by atoms with Crippen LogP contribution in [-0.2, 0) is 9.31 Å². The van der Waals surface area contributed by atoms with E-state index in [2.05, 4.69) is 12.6 Å². The molecule has 1 aliphatic rings. The maximum Gasteiger partial charge on any atom is 0.491 e. The largest absolute Gasteiger partial charge is 0.497 e. The summed E-state index contributed by atoms with van der Waals surface area (Å²) >= 11 is 4.44. The Morgan fingerprint density at radius 1 is 1.13 bits per heavy atom. The van der Waals surface area contributed by atoms with Crippen LogP contribution in [0.1, 0.15) is 33.3 Å². The van der Waals surface area contributed by atoms with Gasteiger partial charge in [-0.2, -0.15) is 12.6 Å². The van der Waals surface area contributed by atoms with Crippen LogP contribution in [0, 0.1) is 0 Å². The summed E-state index contributed by atoms with van der Waals surface area (Å²) in [6.07, 6.45) is 2.01. The van der Waals surface area contributed by atoms with Gasteiger partial charge in [0, 0.05) is 17.4 Å². The SMILES string of the molecule is COc1ccc(C=C(CS)B2OC(C)(C)C(C)(C)O2)c(OC)c1. The van der Waals surface area contributed by atoms with Crippen molar-refractivity contribution in [3.8, 4) is 11.5 Å². The Morgan fingerprint density at radius 3 is 2.22 bits per heavy atom. The lowest BCUT2D eigenvalue weighted by Gasteiger charge is -2.32. The van der Waals surface area contributed by atoms with Crippen LogP contribution in [0.3, 0.4) is 0 Å². The third kappa shape index (κ3) is 3.70. The van der Waals surface area contributed by atoms with E-state index in [4.69, 9.17) is 18.8 Å². The Kier molecular flexibility index (Phi) is 5.39. The standard InChI is InChI=1S/C17H25BO4S/c1-16(2)17(3,4)22-18(21-16)13(11-23)9-12-7-8-14(19-5)10-15(12)20-6/h7-10,23H,11H2,1-6H3. The second-order valence-electron chi connectivity index (χ2n) is 6.57. The van der Waals surface area contributed by atoms with Gasteiger partial charge in [-0.05, 0) is 45.3 Å². The van der Waals surface area contributed by atoms with Gasteiger partial charge in [-0.3, -0.25) is 0 Å². The van der Waals surface area contributed by atoms with E-state index in [0.717, 1.165) is 22.5 Å². The van der Waals surface area contributed by atoms with Gasteiger partial charge in [0.05, 0.1) is 25.4 Å². The maximum atomic E-state index is 6.10. The van der Waals surface area contributed by atoms with E-state index >= 15 is 0 Å². The van der Waals surface area contributed by atoms with Crippen molar-refractivity contribution < 1.29 is 18.8 Å². The van der Waals surface area contributed by atoms with Gasteiger partial charge in [-0.1, -0.05) is 6.08 Å². The summed E-state index contributed by atoms with van der Waals surface area (Å²) in [5.41, 5.74) is 1.15. The van der Waals surface area contributed by atoms with E-state index < -0.39 is 7.12 Å². The molecule has 4 nitrogen and oxygen atoms in total. The van der Waals surface area contributed by atoms with Gasteiger partial charge < -0.3 is 18.8 Å². The van der Waals surface area contributed by atoms with Gasteiger partial charge in [0.1, 0.15) is 11.5 Å². The van der Waals surface area contributed by atoms with Gasteiger partial charge in [-0.15, -0.1) is 0 Å². The molecule has 0 bridgehead atoms. The molecule has 6 heteroatoms. The molecule has 1 aliphatic heterocycles. The molecule has 0 aliphatic carbocycles. The van der Waals surface area contributed by atoms with Gasteiger partial charge in [0.25, 0.3) is 0 Å². The Bertz CT molecular complexity index is 582. The number of benzene rings is 1. The monoisotopic (exact) mass is 336 g/mol. The second kappa shape index (κ2) is 6.79. The highest BCUT2D eigenvalue weighted by molar-refractivity contribution is 7.80. The zero-order chi connectivity index (χ0) is 17.3. The number of hydrogen-bond donors (Lipinski definition) is 1. The maximum absolute atomic E-state index is 6.10. The molecule has 0 unspecified atom stereocenters. The third-order valence-electron chi connectivity index (χ3n) is 4.52. The first-order valence-corrected chi connectivity index (χ1v) is 8.26. The first kappa shape index (κ1) is 18.2. The summed E-state index contributed by atoms with van der Waals surface area (Å²) in [7, 11) is 2.86. The Morgan fingerprint density at radius 2 is 1.74 bits per heavy atom. The molecular weight excluding hydrogens is 311 g/mol. The minimum atomic E-state index is -0.413. The lowest BCUT2D eigenvalue weighted by Crippen LogP contribution is -2.41. The lowest BCUT2D eigenvalue weighted by atomic mass is 9.78. The molecule has 0 N–H and O–H groups in total. The molecule has 23 heavy (non-hydrogen) atoms. The zero-order valence-electron chi connectivity index (χ0n) is 14.7. The van der Waals surface area contributed by atoms with Crippen LogP contribution in [0.25, 0.3) is 6.08 Å². The summed E-state index contributed by atoms with van der Waals surface area (Å²) in [5, 5.41) is 0. The van der Waals surface area contributed by atoms with Crippen LogP contribution in [0.4, 0.5) is 0 Å². The minimum absolute atomic E-state index is 0.371. The molecule has 1 saturated heterocycles. The average Bonchev–Trinajstić information content (AvgIpc) is 2.72. The molecule has 0 radical (unpaired) electrons. The van der Waals surface area contributed by atoms with Crippen LogP contribution in [0.2, 0.25) is 0 Å². The molecule has 1 heterocycles. The molecule has 1 aromatic carbocycles. The molecule has 2 rings (SSSR count). The number of thiol groups is 1. The molecule has 1 fully saturated rings. The van der Waals surface area contributed by atoms with Crippen molar-refractivity contribution in [1.29, 1.82) is 0 Å². The van der Waals surface area contributed by atoms with Crippen molar-refractivity contribution in [3.63, 3.8) is 0 Å². The first-order chi connectivity index (χ1) is 10.7. The summed E-state index contributed by atoms with van der Waals surface area (Å²) in [6.45, 7) is 8.16. The van der Waals surface area contributed by atoms with Crippen LogP contribution in [0.5, 0.6) is 11.5 Å². The summed E-state index contributed by atoms with van der Waals surface area (Å²) < 4.78 is 22.9. The molecule has 0 amide bonds. The lowest BCUT2D eigenvalue weighted by molar-refractivity contribution is 0.00578. The van der Waals surface area contributed by atoms with Crippen molar-refractivity contribution in [1.82, 2.24) is 0 Å². The first-order valence-electron chi connectivity index (χ1n) is 7.63. The van der Waals surface area contributed by atoms with Gasteiger partial charge in [0.15, 0.2) is 0 Å². The quantitative estimate of drug-likeness (QED) is 0.658. The minimum Gasteiger partial charge on any atom is -0.497 e. The third-order valence-corrected chi connectivity index (χ3v) is 4.89. The fourth-order valence-corrected chi connectivity index (χ4v) is 2.56. The molecule has 0 atom stereocenters. The van der Waals surface area contributed by atoms with Crippen molar-refractivity contribution in [2.75, 3.05) is 20.0 Å². The molecule has 0 aromatic heterocycles. The highest BCUT2D eigenvalue weighted by Crippen LogP contribution is 2.39. The number of methoxy groups -OCH3 is 2. The van der Waals surface area contributed by atoms with E-state index in [1.807, 2.05) is 52.0 Å². The van der Waals surface area contributed by atoms with Crippen LogP contribution >= 0.6 is 12.6 Å². The van der Waals surface area contributed by atoms with Gasteiger partial charge >= 0.3 is 7.12 Å². The fourth-order valence-electron chi connectivity index (χ4n) is 2.32. The summed E-state index contributed by atoms with van der Waals surface area (Å²) in [6, 6.07) is 5.70. The van der Waals surface area contributed by atoms with Crippen LogP contribution in [0.15, 0.2) is 23.7 Å². The van der Waals surface area contributed by atoms with E-state index in [1.165, 1.54) is 0 Å². The predicted octanol–water partition coefficient (Wildman–Crippen LogP) is 3.65. The fraction of sp³-hybridized carbons (Fsp3) is 0.529. The highest BCUT2D eigenvalue weighted by Gasteiger charge is 2.52. The summed E-state index contributed by atoms with van der Waals surface area (Å²) in [4.78, 5) is 0. The van der Waals surface area contributed by atoms with E-state index in [1.54, 1.807) is 14.2 Å². The van der Waals surface area contributed by atoms with Crippen LogP contribution in [-0.4, -0.2) is 38.3 Å². The van der Waals surface area contributed by atoms with Crippen molar-refractivity contribution in [2.45, 2.75) is 38.9 Å². The molecular formula is C17H25BO4S. The Labute approximate surface area is 144 Å². The molecule has 0 spiro atoms. The second-order valence-corrected chi connectivity index (χ2v) is 6.89. The normalized spacial score (nSPS) is 19.8. The van der Waals surface area contributed by atoms with Gasteiger partial charge in [0.2, 0.25) is 0 Å². The molecule has 126 valence electrons.